The molecule has 0 radical (unpaired) electrons. The quantitative estimate of drug-likeness (QED) is 0.530. The van der Waals surface area contributed by atoms with Gasteiger partial charge in [0, 0.05) is 6.92 Å². The van der Waals surface area contributed by atoms with Gasteiger partial charge in [-0.25, -0.2) is 0 Å². The van der Waals surface area contributed by atoms with Gasteiger partial charge in [0.25, 0.3) is 0 Å². The molecule has 0 atom stereocenters. The van der Waals surface area contributed by atoms with Crippen LogP contribution in [0.3, 0.4) is 0 Å². The Bertz CT molecular complexity index is 612. The van der Waals surface area contributed by atoms with E-state index in [1.54, 1.807) is 6.07 Å². The molecule has 2 nitrogen and oxygen atoms in total. The second kappa shape index (κ2) is 6.87. The number of ketones is 1. The molecule has 0 bridgehead atoms. The molecule has 2 aromatic rings. The van der Waals surface area contributed by atoms with E-state index < -0.39 is 3.79 Å². The highest BCUT2D eigenvalue weighted by Crippen LogP contribution is 2.41. The molecule has 5 heteroatoms. The third-order valence-corrected chi connectivity index (χ3v) is 3.68. The first-order valence-corrected chi connectivity index (χ1v) is 7.76. The molecule has 1 heterocycles. The molecule has 0 saturated carbocycles. The van der Waals surface area contributed by atoms with Crippen LogP contribution in [0.5, 0.6) is 0 Å². The fraction of sp³-hybridized carbons (Fsp3) is 0.312. The number of Topliss-reactive ketones (excluding diaryl/α,β-unsaturated/α-hetero) is 1. The summed E-state index contributed by atoms with van der Waals surface area (Å²) in [5.74, 6) is 0.289. The van der Waals surface area contributed by atoms with Gasteiger partial charge in [0.15, 0.2) is 17.3 Å². The third-order valence-electron chi connectivity index (χ3n) is 3.17. The van der Waals surface area contributed by atoms with Crippen LogP contribution in [0.1, 0.15) is 40.8 Å². The second-order valence-corrected chi connectivity index (χ2v) is 7.14. The molecule has 2 rings (SSSR count). The van der Waals surface area contributed by atoms with E-state index in [1.807, 2.05) is 18.2 Å². The summed E-state index contributed by atoms with van der Waals surface area (Å²) in [6, 6.07) is 11.8. The fourth-order valence-electron chi connectivity index (χ4n) is 2.16. The van der Waals surface area contributed by atoms with Crippen molar-refractivity contribution in [2.24, 2.45) is 0 Å². The van der Waals surface area contributed by atoms with E-state index in [0.717, 1.165) is 18.4 Å². The molecular formula is C16H15Cl3O2. The summed E-state index contributed by atoms with van der Waals surface area (Å²) in [6.45, 7) is 1.43. The van der Waals surface area contributed by atoms with E-state index >= 15 is 0 Å². The topological polar surface area (TPSA) is 30.2 Å². The van der Waals surface area contributed by atoms with Gasteiger partial charge in [0.1, 0.15) is 0 Å². The minimum atomic E-state index is -1.66. The van der Waals surface area contributed by atoms with Crippen LogP contribution < -0.4 is 0 Å². The van der Waals surface area contributed by atoms with Gasteiger partial charge >= 0.3 is 0 Å². The Morgan fingerprint density at radius 3 is 2.38 bits per heavy atom. The fourth-order valence-corrected chi connectivity index (χ4v) is 2.64. The lowest BCUT2D eigenvalue weighted by Crippen LogP contribution is -2.02. The Labute approximate surface area is 139 Å². The standard InChI is InChI=1S/C16H15Cl3O2/c1-11(20)14-10-13(15(21-14)16(17,18)19)9-5-8-12-6-3-2-4-7-12/h2-4,6-7,10H,5,8-9H2,1H3. The summed E-state index contributed by atoms with van der Waals surface area (Å²) >= 11 is 17.7. The van der Waals surface area contributed by atoms with Crippen LogP contribution in [-0.4, -0.2) is 5.78 Å². The van der Waals surface area contributed by atoms with E-state index in [2.05, 4.69) is 12.1 Å². The molecule has 0 N–H and O–H groups in total. The molecule has 1 aromatic carbocycles. The number of rotatable bonds is 5. The number of carbonyl (C=O) groups is 1. The number of benzene rings is 1. The SMILES string of the molecule is CC(=O)c1cc(CCCc2ccccc2)c(C(Cl)(Cl)Cl)o1. The number of hydrogen-bond acceptors (Lipinski definition) is 2. The summed E-state index contributed by atoms with van der Waals surface area (Å²) in [7, 11) is 0. The van der Waals surface area contributed by atoms with Crippen molar-refractivity contribution in [1.29, 1.82) is 0 Å². The van der Waals surface area contributed by atoms with Gasteiger partial charge in [0.2, 0.25) is 3.79 Å². The maximum Gasteiger partial charge on any atom is 0.248 e. The van der Waals surface area contributed by atoms with Gasteiger partial charge in [-0.15, -0.1) is 0 Å². The molecule has 21 heavy (non-hydrogen) atoms. The van der Waals surface area contributed by atoms with E-state index in [4.69, 9.17) is 39.2 Å². The maximum absolute atomic E-state index is 11.4. The summed E-state index contributed by atoms with van der Waals surface area (Å²) < 4.78 is 3.74. The van der Waals surface area contributed by atoms with Crippen molar-refractivity contribution in [2.45, 2.75) is 30.0 Å². The Hall–Kier alpha value is -0.960. The maximum atomic E-state index is 11.4. The lowest BCUT2D eigenvalue weighted by Gasteiger charge is -2.10. The number of furan rings is 1. The Morgan fingerprint density at radius 1 is 1.14 bits per heavy atom. The summed E-state index contributed by atoms with van der Waals surface area (Å²) in [4.78, 5) is 11.4. The first kappa shape index (κ1) is 16.4. The first-order valence-electron chi connectivity index (χ1n) is 6.62. The van der Waals surface area contributed by atoms with Gasteiger partial charge in [-0.2, -0.15) is 0 Å². The molecule has 0 aliphatic heterocycles. The van der Waals surface area contributed by atoms with Crippen LogP contribution in [0.2, 0.25) is 0 Å². The highest BCUT2D eigenvalue weighted by atomic mass is 35.6. The van der Waals surface area contributed by atoms with Crippen LogP contribution in [0.4, 0.5) is 0 Å². The van der Waals surface area contributed by atoms with Gasteiger partial charge in [0.05, 0.1) is 0 Å². The molecule has 0 aliphatic carbocycles. The van der Waals surface area contributed by atoms with Crippen molar-refractivity contribution in [3.8, 4) is 0 Å². The highest BCUT2D eigenvalue weighted by molar-refractivity contribution is 6.66. The molecular weight excluding hydrogens is 331 g/mol. The Kier molecular flexibility index (Phi) is 5.37. The Balaban J connectivity index is 2.10. The van der Waals surface area contributed by atoms with Gasteiger partial charge in [-0.05, 0) is 36.5 Å². The van der Waals surface area contributed by atoms with Gasteiger partial charge < -0.3 is 4.42 Å². The van der Waals surface area contributed by atoms with E-state index in [0.29, 0.717) is 6.42 Å². The minimum absolute atomic E-state index is 0.181. The number of carbonyl (C=O) groups excluding carboxylic acids is 1. The normalized spacial score (nSPS) is 11.6. The average Bonchev–Trinajstić information content (AvgIpc) is 2.84. The predicted molar refractivity (Wildman–Crippen MR) is 86.4 cm³/mol. The van der Waals surface area contributed by atoms with Crippen LogP contribution in [0.25, 0.3) is 0 Å². The predicted octanol–water partition coefficient (Wildman–Crippen LogP) is 5.48. The smallest absolute Gasteiger partial charge is 0.248 e. The molecule has 0 amide bonds. The van der Waals surface area contributed by atoms with Crippen LogP contribution in [0, 0.1) is 0 Å². The zero-order valence-electron chi connectivity index (χ0n) is 11.5. The first-order chi connectivity index (χ1) is 9.88. The molecule has 0 spiro atoms. The van der Waals surface area contributed by atoms with Gasteiger partial charge in [-0.1, -0.05) is 65.1 Å². The highest BCUT2D eigenvalue weighted by Gasteiger charge is 2.31. The zero-order chi connectivity index (χ0) is 15.5. The van der Waals surface area contributed by atoms with Crippen molar-refractivity contribution in [1.82, 2.24) is 0 Å². The monoisotopic (exact) mass is 344 g/mol. The van der Waals surface area contributed by atoms with Crippen LogP contribution in [0.15, 0.2) is 40.8 Å². The zero-order valence-corrected chi connectivity index (χ0v) is 13.8. The molecule has 0 unspecified atom stereocenters. The summed E-state index contributed by atoms with van der Waals surface area (Å²) in [5, 5.41) is 0. The number of hydrogen-bond donors (Lipinski definition) is 0. The lowest BCUT2D eigenvalue weighted by molar-refractivity contribution is 0.0985. The number of aryl methyl sites for hydroxylation is 2. The van der Waals surface area contributed by atoms with Crippen molar-refractivity contribution in [3.05, 3.63) is 59.0 Å². The largest absolute Gasteiger partial charge is 0.453 e. The lowest BCUT2D eigenvalue weighted by atomic mass is 10.0. The van der Waals surface area contributed by atoms with Crippen LogP contribution >= 0.6 is 34.8 Å². The third kappa shape index (κ3) is 4.50. The van der Waals surface area contributed by atoms with E-state index in [1.165, 1.54) is 12.5 Å². The molecule has 0 saturated heterocycles. The minimum Gasteiger partial charge on any atom is -0.453 e. The number of halogens is 3. The number of alkyl halides is 3. The molecule has 0 fully saturated rings. The Morgan fingerprint density at radius 2 is 1.81 bits per heavy atom. The van der Waals surface area contributed by atoms with Crippen molar-refractivity contribution >= 4 is 40.6 Å². The summed E-state index contributed by atoms with van der Waals surface area (Å²) in [6.07, 6.45) is 2.49. The van der Waals surface area contributed by atoms with E-state index in [9.17, 15) is 4.79 Å². The van der Waals surface area contributed by atoms with Gasteiger partial charge in [-0.3, -0.25) is 4.79 Å². The van der Waals surface area contributed by atoms with Crippen molar-refractivity contribution in [3.63, 3.8) is 0 Å². The molecule has 0 aliphatic rings. The van der Waals surface area contributed by atoms with E-state index in [-0.39, 0.29) is 17.3 Å². The van der Waals surface area contributed by atoms with Crippen LogP contribution in [-0.2, 0) is 16.6 Å². The second-order valence-electron chi connectivity index (χ2n) is 4.86. The average molecular weight is 346 g/mol. The van der Waals surface area contributed by atoms with Crippen molar-refractivity contribution in [2.75, 3.05) is 0 Å². The van der Waals surface area contributed by atoms with Crippen molar-refractivity contribution < 1.29 is 9.21 Å². The molecule has 112 valence electrons. The molecule has 1 aromatic heterocycles. The summed E-state index contributed by atoms with van der Waals surface area (Å²) in [5.41, 5.74) is 2.03.